The van der Waals surface area contributed by atoms with Crippen LogP contribution in [0, 0.1) is 0 Å². The lowest BCUT2D eigenvalue weighted by Crippen LogP contribution is -2.33. The molecule has 8 aromatic rings. The number of carbonyl (C=O) groups excluding carboxylic acids is 1. The first kappa shape index (κ1) is 41.0. The minimum Gasteiger partial charge on any atom is -0.353 e. The van der Waals surface area contributed by atoms with Gasteiger partial charge in [0, 0.05) is 59.5 Å². The van der Waals surface area contributed by atoms with Crippen molar-refractivity contribution in [3.8, 4) is 11.4 Å². The average molecular weight is 873 g/mol. The van der Waals surface area contributed by atoms with Gasteiger partial charge in [0.1, 0.15) is 0 Å². The summed E-state index contributed by atoms with van der Waals surface area (Å²) in [6, 6.07) is 54.6. The van der Waals surface area contributed by atoms with Crippen LogP contribution in [0.15, 0.2) is 205 Å². The molecule has 0 saturated heterocycles. The number of allylic oxidation sites excluding steroid dienone is 4. The molecule has 2 aliphatic heterocycles. The van der Waals surface area contributed by atoms with Gasteiger partial charge in [0.15, 0.2) is 5.78 Å². The number of Topliss-reactive ketones (excluding diaryl/α,β-unsaturated/α-hetero) is 1. The Morgan fingerprint density at radius 3 is 1.31 bits per heavy atom. The number of carbonyl (C=O) groups is 1. The maximum absolute atomic E-state index is 15.3. The smallest absolute Gasteiger partial charge is 0.153 e. The Balaban J connectivity index is 0.924. The number of nitrogens with zero attached hydrogens (tertiary/aromatic N) is 6. The van der Waals surface area contributed by atoms with E-state index < -0.39 is 0 Å². The Morgan fingerprint density at radius 1 is 0.516 bits per heavy atom. The monoisotopic (exact) mass is 872 g/mol. The van der Waals surface area contributed by atoms with Gasteiger partial charge in [0.2, 0.25) is 0 Å². The van der Waals surface area contributed by atoms with Gasteiger partial charge in [-0.05, 0) is 107 Å². The van der Waals surface area contributed by atoms with E-state index in [0.29, 0.717) is 13.1 Å². The first-order valence-electron chi connectivity index (χ1n) is 21.9. The highest BCUT2D eigenvalue weighted by Gasteiger charge is 2.33. The van der Waals surface area contributed by atoms with Crippen LogP contribution >= 0.6 is 22.7 Å². The number of thiophene rings is 2. The third kappa shape index (κ3) is 9.32. The highest BCUT2D eigenvalue weighted by molar-refractivity contribution is 7.10. The normalized spacial score (nSPS) is 14.6. The molecule has 0 fully saturated rings. The molecule has 2 atom stereocenters. The van der Waals surface area contributed by atoms with Crippen molar-refractivity contribution in [1.29, 1.82) is 0 Å². The summed E-state index contributed by atoms with van der Waals surface area (Å²) in [6.45, 7) is 1.05. The summed E-state index contributed by atoms with van der Waals surface area (Å²) in [5.74, 6) is -0.478. The predicted molar refractivity (Wildman–Crippen MR) is 262 cm³/mol. The number of benzene rings is 4. The Bertz CT molecular complexity index is 2710. The molecule has 2 aliphatic rings. The molecule has 0 spiro atoms. The summed E-state index contributed by atoms with van der Waals surface area (Å²) in [6.07, 6.45) is 16.1. The molecule has 316 valence electrons. The fraction of sp³-hybridized carbons (Fsp3) is 0.145. The quantitative estimate of drug-likeness (QED) is 0.0968. The van der Waals surface area contributed by atoms with E-state index in [-0.39, 0.29) is 17.6 Å². The number of hydrogen-bond acceptors (Lipinski definition) is 7. The van der Waals surface area contributed by atoms with E-state index in [1.54, 1.807) is 22.7 Å². The molecule has 0 aliphatic carbocycles. The van der Waals surface area contributed by atoms with Gasteiger partial charge in [0.05, 0.1) is 34.6 Å². The minimum atomic E-state index is -0.345. The molecule has 64 heavy (non-hydrogen) atoms. The van der Waals surface area contributed by atoms with Gasteiger partial charge in [-0.2, -0.15) is 10.2 Å². The first-order valence-corrected chi connectivity index (χ1v) is 23.6. The van der Waals surface area contributed by atoms with Crippen molar-refractivity contribution in [2.75, 3.05) is 13.1 Å². The lowest BCUT2D eigenvalue weighted by atomic mass is 9.89. The molecule has 0 bridgehead atoms. The van der Waals surface area contributed by atoms with Crippen LogP contribution in [0.5, 0.6) is 0 Å². The molecule has 0 saturated carbocycles. The second-order valence-electron chi connectivity index (χ2n) is 16.3. The zero-order chi connectivity index (χ0) is 43.1. The standard InChI is InChI=1S/C55H48N6OS2/c62-55(49(53-27-15-31-63-53)39-58-29-13-21-43(37-58)51-35-47(33-41-17-5-1-6-18-41)60(56-51)45-23-9-3-10-24-45)50(54-28-16-32-64-54)40-59-30-14-22-44(38-59)52-36-48(34-42-19-7-2-8-20-42)61(57-52)46-25-11-4-12-26-46/h1-20,23-32,35-38,49-50H,21-22,33-34,39-40H2. The van der Waals surface area contributed by atoms with Crippen LogP contribution in [-0.4, -0.2) is 48.2 Å². The fourth-order valence-electron chi connectivity index (χ4n) is 8.68. The Hall–Kier alpha value is -7.07. The molecule has 0 N–H and O–H groups in total. The molecule has 4 aromatic heterocycles. The summed E-state index contributed by atoms with van der Waals surface area (Å²) in [7, 11) is 0. The van der Waals surface area contributed by atoms with Crippen LogP contribution in [-0.2, 0) is 17.6 Å². The Kier molecular flexibility index (Phi) is 12.2. The van der Waals surface area contributed by atoms with Crippen molar-refractivity contribution < 1.29 is 4.79 Å². The molecular weight excluding hydrogens is 825 g/mol. The van der Waals surface area contributed by atoms with Crippen LogP contribution in [0.4, 0.5) is 0 Å². The van der Waals surface area contributed by atoms with Crippen molar-refractivity contribution in [1.82, 2.24) is 29.4 Å². The van der Waals surface area contributed by atoms with E-state index >= 15 is 4.79 Å². The van der Waals surface area contributed by atoms with Crippen LogP contribution in [0.25, 0.3) is 22.5 Å². The van der Waals surface area contributed by atoms with Crippen molar-refractivity contribution >= 4 is 39.6 Å². The van der Waals surface area contributed by atoms with Gasteiger partial charge >= 0.3 is 0 Å². The third-order valence-corrected chi connectivity index (χ3v) is 13.8. The van der Waals surface area contributed by atoms with E-state index in [9.17, 15) is 0 Å². The fourth-order valence-corrected chi connectivity index (χ4v) is 10.3. The third-order valence-electron chi connectivity index (χ3n) is 11.8. The Morgan fingerprint density at radius 2 is 0.922 bits per heavy atom. The van der Waals surface area contributed by atoms with E-state index in [4.69, 9.17) is 10.2 Å². The van der Waals surface area contributed by atoms with Crippen molar-refractivity contribution in [3.05, 3.63) is 249 Å². The van der Waals surface area contributed by atoms with Crippen molar-refractivity contribution in [3.63, 3.8) is 0 Å². The summed E-state index contributed by atoms with van der Waals surface area (Å²) >= 11 is 3.31. The van der Waals surface area contributed by atoms with E-state index in [0.717, 1.165) is 80.7 Å². The van der Waals surface area contributed by atoms with Crippen LogP contribution in [0.3, 0.4) is 0 Å². The van der Waals surface area contributed by atoms with Gasteiger partial charge in [-0.25, -0.2) is 9.36 Å². The van der Waals surface area contributed by atoms with E-state index in [2.05, 4.69) is 212 Å². The minimum absolute atomic E-state index is 0.213. The lowest BCUT2D eigenvalue weighted by molar-refractivity contribution is -0.122. The number of rotatable bonds is 16. The summed E-state index contributed by atoms with van der Waals surface area (Å²) in [5.41, 5.74) is 10.9. The van der Waals surface area contributed by atoms with Crippen molar-refractivity contribution in [2.45, 2.75) is 37.5 Å². The topological polar surface area (TPSA) is 59.2 Å². The van der Waals surface area contributed by atoms with Gasteiger partial charge in [-0.15, -0.1) is 22.7 Å². The molecule has 0 radical (unpaired) electrons. The summed E-state index contributed by atoms with van der Waals surface area (Å²) in [5, 5.41) is 14.6. The molecular formula is C55H48N6OS2. The molecule has 2 unspecified atom stereocenters. The van der Waals surface area contributed by atoms with Crippen LogP contribution in [0.1, 0.15) is 68.3 Å². The summed E-state index contributed by atoms with van der Waals surface area (Å²) in [4.78, 5) is 21.8. The molecule has 0 amide bonds. The van der Waals surface area contributed by atoms with E-state index in [1.807, 2.05) is 12.1 Å². The maximum atomic E-state index is 15.3. The lowest BCUT2D eigenvalue weighted by Gasteiger charge is -2.30. The number of aromatic nitrogens is 4. The number of ketones is 1. The van der Waals surface area contributed by atoms with Gasteiger partial charge in [-0.3, -0.25) is 4.79 Å². The Labute approximate surface area is 382 Å². The highest BCUT2D eigenvalue weighted by atomic mass is 32.1. The summed E-state index contributed by atoms with van der Waals surface area (Å²) < 4.78 is 4.14. The second-order valence-corrected chi connectivity index (χ2v) is 18.2. The first-order chi connectivity index (χ1) is 31.6. The van der Waals surface area contributed by atoms with Crippen LogP contribution in [0.2, 0.25) is 0 Å². The largest absolute Gasteiger partial charge is 0.353 e. The zero-order valence-corrected chi connectivity index (χ0v) is 37.1. The molecule has 6 heterocycles. The molecule has 4 aromatic carbocycles. The number of hydrogen-bond donors (Lipinski definition) is 0. The highest BCUT2D eigenvalue weighted by Crippen LogP contribution is 2.36. The van der Waals surface area contributed by atoms with E-state index in [1.165, 1.54) is 11.1 Å². The molecule has 7 nitrogen and oxygen atoms in total. The van der Waals surface area contributed by atoms with Crippen LogP contribution < -0.4 is 0 Å². The van der Waals surface area contributed by atoms with Crippen molar-refractivity contribution in [2.24, 2.45) is 0 Å². The predicted octanol–water partition coefficient (Wildman–Crippen LogP) is 12.3. The van der Waals surface area contributed by atoms with Gasteiger partial charge in [-0.1, -0.05) is 121 Å². The zero-order valence-electron chi connectivity index (χ0n) is 35.4. The van der Waals surface area contributed by atoms with Gasteiger partial charge < -0.3 is 9.80 Å². The SMILES string of the molecule is O=C(C(CN1C=CCC(c2cc(Cc3ccccc3)n(-c3ccccc3)n2)=C1)c1cccs1)C(CN1C=CCC(c2cc(Cc3ccccc3)n(-c3ccccc3)n2)=C1)c1cccs1. The average Bonchev–Trinajstić information content (AvgIpc) is 4.21. The molecule has 9 heteroatoms. The maximum Gasteiger partial charge on any atom is 0.153 e. The van der Waals surface area contributed by atoms with Gasteiger partial charge in [0.25, 0.3) is 0 Å². The molecule has 10 rings (SSSR count). The number of para-hydroxylation sites is 2. The second kappa shape index (κ2) is 19.1.